The lowest BCUT2D eigenvalue weighted by atomic mass is 10.2. The van der Waals surface area contributed by atoms with E-state index in [1.54, 1.807) is 32.2 Å². The minimum Gasteiger partial charge on any atom is -0.361 e. The van der Waals surface area contributed by atoms with Crippen molar-refractivity contribution in [1.29, 1.82) is 0 Å². The van der Waals surface area contributed by atoms with Crippen LogP contribution < -0.4 is 4.72 Å². The van der Waals surface area contributed by atoms with Crippen LogP contribution >= 0.6 is 0 Å². The van der Waals surface area contributed by atoms with Gasteiger partial charge in [0.1, 0.15) is 4.90 Å². The Morgan fingerprint density at radius 1 is 1.20 bits per heavy atom. The van der Waals surface area contributed by atoms with Gasteiger partial charge >= 0.3 is 0 Å². The van der Waals surface area contributed by atoms with Crippen molar-refractivity contribution < 1.29 is 8.42 Å². The summed E-state index contributed by atoms with van der Waals surface area (Å²) in [6.07, 6.45) is 1.77. The molecule has 0 atom stereocenters. The lowest BCUT2D eigenvalue weighted by Gasteiger charge is -2.09. The maximum absolute atomic E-state index is 12.5. The molecule has 0 saturated carbocycles. The van der Waals surface area contributed by atoms with E-state index in [0.29, 0.717) is 17.1 Å². The fourth-order valence-corrected chi connectivity index (χ4v) is 3.76. The summed E-state index contributed by atoms with van der Waals surface area (Å²) in [7, 11) is -3.66. The normalized spacial score (nSPS) is 11.9. The van der Waals surface area contributed by atoms with Gasteiger partial charge in [-0.15, -0.1) is 0 Å². The molecule has 2 aromatic heterocycles. The van der Waals surface area contributed by atoms with Gasteiger partial charge in [0.15, 0.2) is 0 Å². The summed E-state index contributed by atoms with van der Waals surface area (Å²) in [5.74, 6) is 0. The summed E-state index contributed by atoms with van der Waals surface area (Å²) in [6, 6.07) is 7.26. The molecule has 0 saturated heterocycles. The highest BCUT2D eigenvalue weighted by Gasteiger charge is 2.22. The standard InChI is InChI=1S/C13H14N4O2S/c1-8-13(9(2)16-15-8)20(18,19)17-12-5-3-4-11-10(12)6-7-14-11/h3-7,14,17H,1-2H3,(H,15,16). The lowest BCUT2D eigenvalue weighted by molar-refractivity contribution is 0.600. The first-order chi connectivity index (χ1) is 9.49. The summed E-state index contributed by atoms with van der Waals surface area (Å²) in [5.41, 5.74) is 2.40. The van der Waals surface area contributed by atoms with Gasteiger partial charge < -0.3 is 4.98 Å². The molecule has 0 aliphatic heterocycles. The minimum absolute atomic E-state index is 0.199. The summed E-state index contributed by atoms with van der Waals surface area (Å²) in [5, 5.41) is 7.44. The quantitative estimate of drug-likeness (QED) is 0.691. The Kier molecular flexibility index (Phi) is 2.79. The van der Waals surface area contributed by atoms with E-state index in [9.17, 15) is 8.42 Å². The Morgan fingerprint density at radius 3 is 2.70 bits per heavy atom. The zero-order valence-corrected chi connectivity index (χ0v) is 11.9. The fourth-order valence-electron chi connectivity index (χ4n) is 2.31. The number of hydrogen-bond donors (Lipinski definition) is 3. The number of anilines is 1. The maximum Gasteiger partial charge on any atom is 0.265 e. The molecule has 0 aliphatic carbocycles. The topological polar surface area (TPSA) is 90.6 Å². The van der Waals surface area contributed by atoms with Crippen molar-refractivity contribution in [2.24, 2.45) is 0 Å². The van der Waals surface area contributed by atoms with Crippen molar-refractivity contribution in [1.82, 2.24) is 15.2 Å². The number of sulfonamides is 1. The van der Waals surface area contributed by atoms with Crippen LogP contribution in [-0.2, 0) is 10.0 Å². The van der Waals surface area contributed by atoms with Crippen molar-refractivity contribution in [3.05, 3.63) is 41.9 Å². The molecule has 0 amide bonds. The molecule has 1 aromatic carbocycles. The Hall–Kier alpha value is -2.28. The van der Waals surface area contributed by atoms with E-state index < -0.39 is 10.0 Å². The number of aromatic nitrogens is 3. The highest BCUT2D eigenvalue weighted by Crippen LogP contribution is 2.26. The van der Waals surface area contributed by atoms with Crippen molar-refractivity contribution in [3.63, 3.8) is 0 Å². The van der Waals surface area contributed by atoms with Crippen molar-refractivity contribution in [2.45, 2.75) is 18.7 Å². The van der Waals surface area contributed by atoms with Crippen LogP contribution in [0.4, 0.5) is 5.69 Å². The Morgan fingerprint density at radius 2 is 2.00 bits per heavy atom. The largest absolute Gasteiger partial charge is 0.361 e. The molecule has 104 valence electrons. The van der Waals surface area contributed by atoms with Gasteiger partial charge in [-0.3, -0.25) is 9.82 Å². The first-order valence-electron chi connectivity index (χ1n) is 6.09. The molecule has 3 aromatic rings. The molecule has 0 spiro atoms. The third-order valence-corrected chi connectivity index (χ3v) is 4.80. The van der Waals surface area contributed by atoms with Gasteiger partial charge in [-0.2, -0.15) is 5.10 Å². The number of nitrogens with one attached hydrogen (secondary N) is 3. The monoisotopic (exact) mass is 290 g/mol. The summed E-state index contributed by atoms with van der Waals surface area (Å²) >= 11 is 0. The predicted molar refractivity (Wildman–Crippen MR) is 77.2 cm³/mol. The van der Waals surface area contributed by atoms with Crippen molar-refractivity contribution in [3.8, 4) is 0 Å². The molecule has 7 heteroatoms. The first-order valence-corrected chi connectivity index (χ1v) is 7.58. The van der Waals surface area contributed by atoms with Crippen LogP contribution in [0.15, 0.2) is 35.4 Å². The van der Waals surface area contributed by atoms with Crippen LogP contribution in [0.1, 0.15) is 11.4 Å². The number of aryl methyl sites for hydroxylation is 2. The third-order valence-electron chi connectivity index (χ3n) is 3.17. The van der Waals surface area contributed by atoms with Crippen molar-refractivity contribution >= 4 is 26.6 Å². The van der Waals surface area contributed by atoms with Gasteiger partial charge in [-0.25, -0.2) is 8.42 Å². The highest BCUT2D eigenvalue weighted by molar-refractivity contribution is 7.92. The number of rotatable bonds is 3. The number of nitrogens with zero attached hydrogens (tertiary/aromatic N) is 1. The lowest BCUT2D eigenvalue weighted by Crippen LogP contribution is -2.14. The zero-order chi connectivity index (χ0) is 14.3. The molecular weight excluding hydrogens is 276 g/mol. The van der Waals surface area contributed by atoms with E-state index in [0.717, 1.165) is 10.9 Å². The summed E-state index contributed by atoms with van der Waals surface area (Å²) in [4.78, 5) is 3.25. The number of H-pyrrole nitrogens is 2. The van der Waals surface area contributed by atoms with Gasteiger partial charge in [0.05, 0.1) is 17.1 Å². The average molecular weight is 290 g/mol. The molecule has 6 nitrogen and oxygen atoms in total. The molecule has 0 aliphatic rings. The zero-order valence-electron chi connectivity index (χ0n) is 11.1. The summed E-state index contributed by atoms with van der Waals surface area (Å²) in [6.45, 7) is 3.35. The van der Waals surface area contributed by atoms with Crippen LogP contribution in [0.2, 0.25) is 0 Å². The fraction of sp³-hybridized carbons (Fsp3) is 0.154. The molecule has 3 rings (SSSR count). The van der Waals surface area contributed by atoms with E-state index in [-0.39, 0.29) is 4.90 Å². The van der Waals surface area contributed by atoms with Gasteiger partial charge in [0, 0.05) is 17.1 Å². The molecular formula is C13H14N4O2S. The van der Waals surface area contributed by atoms with E-state index in [1.807, 2.05) is 12.1 Å². The first kappa shape index (κ1) is 12.7. The van der Waals surface area contributed by atoms with E-state index in [2.05, 4.69) is 19.9 Å². The third kappa shape index (κ3) is 1.96. The van der Waals surface area contributed by atoms with Gasteiger partial charge in [0.2, 0.25) is 0 Å². The summed E-state index contributed by atoms with van der Waals surface area (Å²) < 4.78 is 27.6. The predicted octanol–water partition coefficient (Wildman–Crippen LogP) is 2.31. The van der Waals surface area contributed by atoms with Crippen LogP contribution in [0.5, 0.6) is 0 Å². The SMILES string of the molecule is Cc1n[nH]c(C)c1S(=O)(=O)Nc1cccc2[nH]ccc12. The van der Waals surface area contributed by atoms with Gasteiger partial charge in [0.25, 0.3) is 10.0 Å². The molecule has 2 heterocycles. The molecule has 0 radical (unpaired) electrons. The van der Waals surface area contributed by atoms with Crippen LogP contribution in [0, 0.1) is 13.8 Å². The van der Waals surface area contributed by atoms with E-state index >= 15 is 0 Å². The van der Waals surface area contributed by atoms with E-state index in [1.165, 1.54) is 0 Å². The second-order valence-electron chi connectivity index (χ2n) is 4.61. The minimum atomic E-state index is -3.66. The number of fused-ring (bicyclic) bond motifs is 1. The Bertz CT molecular complexity index is 857. The number of aromatic amines is 2. The van der Waals surface area contributed by atoms with Crippen LogP contribution in [0.25, 0.3) is 10.9 Å². The molecule has 0 fully saturated rings. The van der Waals surface area contributed by atoms with Crippen LogP contribution in [-0.4, -0.2) is 23.6 Å². The number of benzene rings is 1. The second-order valence-corrected chi connectivity index (χ2v) is 6.23. The van der Waals surface area contributed by atoms with Crippen molar-refractivity contribution in [2.75, 3.05) is 4.72 Å². The van der Waals surface area contributed by atoms with Gasteiger partial charge in [-0.1, -0.05) is 6.07 Å². The van der Waals surface area contributed by atoms with Crippen LogP contribution in [0.3, 0.4) is 0 Å². The molecule has 3 N–H and O–H groups in total. The Balaban J connectivity index is 2.09. The number of hydrogen-bond acceptors (Lipinski definition) is 3. The smallest absolute Gasteiger partial charge is 0.265 e. The van der Waals surface area contributed by atoms with E-state index in [4.69, 9.17) is 0 Å². The molecule has 20 heavy (non-hydrogen) atoms. The average Bonchev–Trinajstić information content (AvgIpc) is 2.96. The Labute approximate surface area is 116 Å². The molecule has 0 bridgehead atoms. The second kappa shape index (κ2) is 4.38. The highest BCUT2D eigenvalue weighted by atomic mass is 32.2. The molecule has 0 unspecified atom stereocenters. The maximum atomic E-state index is 12.5. The van der Waals surface area contributed by atoms with Gasteiger partial charge in [-0.05, 0) is 32.0 Å².